The number of nitrogens with two attached hydrogens (primary N) is 1. The van der Waals surface area contributed by atoms with E-state index in [0.29, 0.717) is 24.7 Å². The lowest BCUT2D eigenvalue weighted by Gasteiger charge is -2.22. The normalized spacial score (nSPS) is 14.9. The first kappa shape index (κ1) is 13.4. The van der Waals surface area contributed by atoms with Gasteiger partial charge in [-0.3, -0.25) is 0 Å². The first-order chi connectivity index (χ1) is 9.65. The van der Waals surface area contributed by atoms with Crippen LogP contribution >= 0.6 is 15.9 Å². The maximum Gasteiger partial charge on any atom is 0.162 e. The minimum atomic E-state index is -0.360. The third kappa shape index (κ3) is 2.51. The summed E-state index contributed by atoms with van der Waals surface area (Å²) >= 11 is 3.50. The number of hydrogen-bond donors (Lipinski definition) is 1. The van der Waals surface area contributed by atoms with E-state index in [-0.39, 0.29) is 11.9 Å². The van der Waals surface area contributed by atoms with Crippen LogP contribution in [0.5, 0.6) is 11.5 Å². The number of rotatable bonds is 2. The Balaban J connectivity index is 1.98. The Bertz CT molecular complexity index is 631. The van der Waals surface area contributed by atoms with E-state index in [0.717, 1.165) is 15.6 Å². The third-order valence-electron chi connectivity index (χ3n) is 3.23. The second kappa shape index (κ2) is 5.42. The van der Waals surface area contributed by atoms with Crippen molar-refractivity contribution in [3.8, 4) is 11.5 Å². The lowest BCUT2D eigenvalue weighted by atomic mass is 9.99. The molecule has 0 aromatic heterocycles. The fraction of sp³-hybridized carbons (Fsp3) is 0.200. The molecule has 2 aromatic carbocycles. The maximum atomic E-state index is 13.0. The molecular weight excluding hydrogens is 325 g/mol. The van der Waals surface area contributed by atoms with Crippen molar-refractivity contribution < 1.29 is 13.9 Å². The van der Waals surface area contributed by atoms with Crippen LogP contribution in [0.3, 0.4) is 0 Å². The van der Waals surface area contributed by atoms with Crippen LogP contribution in [-0.4, -0.2) is 13.2 Å². The van der Waals surface area contributed by atoms with Crippen LogP contribution in [0.4, 0.5) is 4.39 Å². The van der Waals surface area contributed by atoms with Crippen LogP contribution in [0.1, 0.15) is 17.2 Å². The van der Waals surface area contributed by atoms with Crippen molar-refractivity contribution >= 4 is 15.9 Å². The Hall–Kier alpha value is -1.59. The molecule has 2 N–H and O–H groups in total. The average molecular weight is 338 g/mol. The zero-order valence-corrected chi connectivity index (χ0v) is 12.2. The molecule has 3 nitrogen and oxygen atoms in total. The van der Waals surface area contributed by atoms with Gasteiger partial charge < -0.3 is 15.2 Å². The highest BCUT2D eigenvalue weighted by Crippen LogP contribution is 2.38. The van der Waals surface area contributed by atoms with E-state index in [1.807, 2.05) is 12.1 Å². The average Bonchev–Trinajstić information content (AvgIpc) is 2.46. The molecule has 20 heavy (non-hydrogen) atoms. The van der Waals surface area contributed by atoms with Crippen molar-refractivity contribution in [1.82, 2.24) is 0 Å². The second-order valence-electron chi connectivity index (χ2n) is 4.55. The molecule has 5 heteroatoms. The van der Waals surface area contributed by atoms with Crippen LogP contribution < -0.4 is 15.2 Å². The molecule has 1 atom stereocenters. The zero-order valence-electron chi connectivity index (χ0n) is 10.6. The van der Waals surface area contributed by atoms with E-state index < -0.39 is 0 Å². The summed E-state index contributed by atoms with van der Waals surface area (Å²) in [4.78, 5) is 0. The van der Waals surface area contributed by atoms with Gasteiger partial charge in [-0.15, -0.1) is 0 Å². The van der Waals surface area contributed by atoms with Crippen molar-refractivity contribution in [2.45, 2.75) is 6.04 Å². The van der Waals surface area contributed by atoms with Gasteiger partial charge in [0.15, 0.2) is 11.5 Å². The lowest BCUT2D eigenvalue weighted by Crippen LogP contribution is -2.17. The molecule has 1 aliphatic rings. The second-order valence-corrected chi connectivity index (χ2v) is 5.40. The van der Waals surface area contributed by atoms with Gasteiger partial charge in [-0.25, -0.2) is 4.39 Å². The molecule has 0 amide bonds. The van der Waals surface area contributed by atoms with E-state index in [2.05, 4.69) is 15.9 Å². The predicted molar refractivity (Wildman–Crippen MR) is 77.6 cm³/mol. The SMILES string of the molecule is NC(c1ccc(F)cc1)c1cc2c(cc1Br)OCCO2. The Kier molecular flexibility index (Phi) is 3.63. The van der Waals surface area contributed by atoms with Gasteiger partial charge in [-0.2, -0.15) is 0 Å². The van der Waals surface area contributed by atoms with Crippen LogP contribution in [0.15, 0.2) is 40.9 Å². The number of ether oxygens (including phenoxy) is 2. The molecule has 1 aliphatic heterocycles. The van der Waals surface area contributed by atoms with Crippen LogP contribution in [0.2, 0.25) is 0 Å². The lowest BCUT2D eigenvalue weighted by molar-refractivity contribution is 0.171. The molecule has 0 radical (unpaired) electrons. The highest BCUT2D eigenvalue weighted by Gasteiger charge is 2.19. The molecule has 3 rings (SSSR count). The van der Waals surface area contributed by atoms with Crippen molar-refractivity contribution in [3.63, 3.8) is 0 Å². The Labute approximate surface area is 124 Å². The Morgan fingerprint density at radius 1 is 1.05 bits per heavy atom. The summed E-state index contributed by atoms with van der Waals surface area (Å²) in [6.07, 6.45) is 0. The van der Waals surface area contributed by atoms with Crippen molar-refractivity contribution in [1.29, 1.82) is 0 Å². The highest BCUT2D eigenvalue weighted by molar-refractivity contribution is 9.10. The zero-order chi connectivity index (χ0) is 14.1. The summed E-state index contributed by atoms with van der Waals surface area (Å²) in [5.41, 5.74) is 7.96. The van der Waals surface area contributed by atoms with Gasteiger partial charge in [-0.05, 0) is 35.4 Å². The predicted octanol–water partition coefficient (Wildman–Crippen LogP) is 3.41. The van der Waals surface area contributed by atoms with Gasteiger partial charge in [0.05, 0.1) is 6.04 Å². The quantitative estimate of drug-likeness (QED) is 0.913. The van der Waals surface area contributed by atoms with E-state index in [1.54, 1.807) is 12.1 Å². The Morgan fingerprint density at radius 2 is 1.65 bits per heavy atom. The van der Waals surface area contributed by atoms with Gasteiger partial charge >= 0.3 is 0 Å². The fourth-order valence-electron chi connectivity index (χ4n) is 2.17. The van der Waals surface area contributed by atoms with E-state index in [9.17, 15) is 4.39 Å². The smallest absolute Gasteiger partial charge is 0.162 e. The number of halogens is 2. The molecule has 1 heterocycles. The number of fused-ring (bicyclic) bond motifs is 1. The summed E-state index contributed by atoms with van der Waals surface area (Å²) in [7, 11) is 0. The van der Waals surface area contributed by atoms with E-state index in [4.69, 9.17) is 15.2 Å². The molecule has 2 aromatic rings. The molecule has 1 unspecified atom stereocenters. The standard InChI is InChI=1S/C15H13BrFNO2/c16-12-8-14-13(19-5-6-20-14)7-11(12)15(18)9-1-3-10(17)4-2-9/h1-4,7-8,15H,5-6,18H2. The van der Waals surface area contributed by atoms with Crippen molar-refractivity contribution in [3.05, 3.63) is 57.8 Å². The van der Waals surface area contributed by atoms with Gasteiger partial charge in [0.25, 0.3) is 0 Å². The molecule has 0 saturated carbocycles. The summed E-state index contributed by atoms with van der Waals surface area (Å²) in [5.74, 6) is 1.12. The highest BCUT2D eigenvalue weighted by atomic mass is 79.9. The van der Waals surface area contributed by atoms with Crippen LogP contribution in [0, 0.1) is 5.82 Å². The topological polar surface area (TPSA) is 44.5 Å². The molecule has 0 fully saturated rings. The minimum Gasteiger partial charge on any atom is -0.486 e. The van der Waals surface area contributed by atoms with Gasteiger partial charge in [0.1, 0.15) is 19.0 Å². The summed E-state index contributed by atoms with van der Waals surface area (Å²) < 4.78 is 24.9. The first-order valence-corrected chi connectivity index (χ1v) is 7.04. The summed E-state index contributed by atoms with van der Waals surface area (Å²) in [6, 6.07) is 9.54. The number of hydrogen-bond acceptors (Lipinski definition) is 3. The summed E-state index contributed by atoms with van der Waals surface area (Å²) in [5, 5.41) is 0. The van der Waals surface area contributed by atoms with Crippen molar-refractivity contribution in [2.75, 3.05) is 13.2 Å². The minimum absolute atomic E-state index is 0.276. The van der Waals surface area contributed by atoms with Crippen LogP contribution in [-0.2, 0) is 0 Å². The summed E-state index contributed by atoms with van der Waals surface area (Å²) in [6.45, 7) is 1.07. The first-order valence-electron chi connectivity index (χ1n) is 6.25. The van der Waals surface area contributed by atoms with E-state index in [1.165, 1.54) is 12.1 Å². The van der Waals surface area contributed by atoms with Gasteiger partial charge in [0.2, 0.25) is 0 Å². The van der Waals surface area contributed by atoms with Gasteiger partial charge in [0, 0.05) is 4.47 Å². The number of benzene rings is 2. The Morgan fingerprint density at radius 3 is 2.30 bits per heavy atom. The molecule has 0 spiro atoms. The maximum absolute atomic E-state index is 13.0. The van der Waals surface area contributed by atoms with E-state index >= 15 is 0 Å². The van der Waals surface area contributed by atoms with Crippen molar-refractivity contribution in [2.24, 2.45) is 5.73 Å². The molecule has 0 bridgehead atoms. The largest absolute Gasteiger partial charge is 0.486 e. The molecule has 0 aliphatic carbocycles. The monoisotopic (exact) mass is 337 g/mol. The fourth-order valence-corrected chi connectivity index (χ4v) is 2.74. The van der Waals surface area contributed by atoms with Gasteiger partial charge in [-0.1, -0.05) is 28.1 Å². The third-order valence-corrected chi connectivity index (χ3v) is 3.91. The molecular formula is C15H13BrFNO2. The molecule has 0 saturated heterocycles. The molecule has 104 valence electrons. The van der Waals surface area contributed by atoms with Crippen LogP contribution in [0.25, 0.3) is 0 Å².